The minimum Gasteiger partial charge on any atom is -0.493 e. The summed E-state index contributed by atoms with van der Waals surface area (Å²) < 4.78 is 5.57. The average Bonchev–Trinajstić information content (AvgIpc) is 2.48. The van der Waals surface area contributed by atoms with Crippen LogP contribution in [0.1, 0.15) is 31.2 Å². The number of nitrogens with two attached hydrogens (primary N) is 1. The van der Waals surface area contributed by atoms with E-state index in [1.165, 1.54) is 24.8 Å². The molecule has 0 aromatic heterocycles. The Bertz CT molecular complexity index is 496. The molecule has 5 nitrogen and oxygen atoms in total. The van der Waals surface area contributed by atoms with Gasteiger partial charge < -0.3 is 10.5 Å². The van der Waals surface area contributed by atoms with Crippen LogP contribution in [0, 0.1) is 5.41 Å². The molecule has 0 aliphatic carbocycles. The topological polar surface area (TPSA) is 79.4 Å². The highest BCUT2D eigenvalue weighted by atomic mass is 16.5. The van der Waals surface area contributed by atoms with E-state index in [1.807, 2.05) is 18.2 Å². The third-order valence-corrected chi connectivity index (χ3v) is 3.65. The second-order valence-corrected chi connectivity index (χ2v) is 5.42. The lowest BCUT2D eigenvalue weighted by molar-refractivity contribution is -0.113. The van der Waals surface area contributed by atoms with E-state index >= 15 is 0 Å². The first kappa shape index (κ1) is 15.5. The van der Waals surface area contributed by atoms with Gasteiger partial charge in [-0.2, -0.15) is 0 Å². The Morgan fingerprint density at radius 1 is 1.29 bits per heavy atom. The molecule has 1 saturated heterocycles. The van der Waals surface area contributed by atoms with Crippen molar-refractivity contribution in [2.45, 2.75) is 32.2 Å². The van der Waals surface area contributed by atoms with Crippen molar-refractivity contribution in [1.82, 2.24) is 4.90 Å². The molecule has 1 heterocycles. The van der Waals surface area contributed by atoms with Gasteiger partial charge in [0.25, 0.3) is 0 Å². The molecule has 0 saturated carbocycles. The minimum atomic E-state index is -0.405. The normalized spacial score (nSPS) is 15.6. The van der Waals surface area contributed by atoms with Gasteiger partial charge >= 0.3 is 0 Å². The average molecular weight is 289 g/mol. The molecule has 1 aromatic rings. The molecule has 114 valence electrons. The van der Waals surface area contributed by atoms with Crippen LogP contribution in [-0.4, -0.2) is 36.2 Å². The van der Waals surface area contributed by atoms with Crippen molar-refractivity contribution in [3.05, 3.63) is 29.8 Å². The monoisotopic (exact) mass is 289 g/mol. The molecular formula is C16H23N3O2. The van der Waals surface area contributed by atoms with E-state index in [9.17, 15) is 4.79 Å². The lowest BCUT2D eigenvalue weighted by Crippen LogP contribution is -2.29. The summed E-state index contributed by atoms with van der Waals surface area (Å²) in [6.07, 6.45) is 4.04. The molecule has 0 amide bonds. The molecular weight excluding hydrogens is 266 g/mol. The molecule has 0 unspecified atom stereocenters. The number of likely N-dealkylation sites (tertiary alicyclic amines) is 1. The zero-order valence-electron chi connectivity index (χ0n) is 12.3. The van der Waals surface area contributed by atoms with Crippen LogP contribution in [-0.2, 0) is 11.3 Å². The second kappa shape index (κ2) is 7.78. The minimum absolute atomic E-state index is 0.145. The van der Waals surface area contributed by atoms with Crippen LogP contribution in [0.5, 0.6) is 5.75 Å². The van der Waals surface area contributed by atoms with Crippen molar-refractivity contribution in [3.8, 4) is 5.75 Å². The maximum Gasteiger partial charge on any atom is 0.200 e. The Hall–Kier alpha value is -1.88. The van der Waals surface area contributed by atoms with Gasteiger partial charge in [0.2, 0.25) is 0 Å². The molecule has 3 N–H and O–H groups in total. The highest BCUT2D eigenvalue weighted by Gasteiger charge is 2.11. The van der Waals surface area contributed by atoms with E-state index in [4.69, 9.17) is 15.9 Å². The smallest absolute Gasteiger partial charge is 0.200 e. The van der Waals surface area contributed by atoms with Crippen molar-refractivity contribution in [3.63, 3.8) is 0 Å². The summed E-state index contributed by atoms with van der Waals surface area (Å²) >= 11 is 0. The number of nitrogens with zero attached hydrogens (tertiary/aromatic N) is 1. The van der Waals surface area contributed by atoms with Crippen molar-refractivity contribution in [1.29, 1.82) is 5.41 Å². The van der Waals surface area contributed by atoms with Crippen LogP contribution < -0.4 is 10.5 Å². The number of piperidine rings is 1. The zero-order chi connectivity index (χ0) is 15.1. The van der Waals surface area contributed by atoms with E-state index in [1.54, 1.807) is 0 Å². The third kappa shape index (κ3) is 5.19. The number of nitrogens with one attached hydrogen (secondary N) is 1. The molecule has 1 aliphatic heterocycles. The lowest BCUT2D eigenvalue weighted by Gasteiger charge is -2.26. The first-order chi connectivity index (χ1) is 10.1. The van der Waals surface area contributed by atoms with Crippen LogP contribution in [0.15, 0.2) is 24.3 Å². The third-order valence-electron chi connectivity index (χ3n) is 3.65. The van der Waals surface area contributed by atoms with Gasteiger partial charge in [0, 0.05) is 13.0 Å². The Balaban J connectivity index is 1.82. The first-order valence-corrected chi connectivity index (χ1v) is 7.46. The van der Waals surface area contributed by atoms with Gasteiger partial charge in [-0.1, -0.05) is 18.6 Å². The second-order valence-electron chi connectivity index (χ2n) is 5.42. The highest BCUT2D eigenvalue weighted by molar-refractivity contribution is 6.36. The summed E-state index contributed by atoms with van der Waals surface area (Å²) in [5, 5.41) is 7.03. The van der Waals surface area contributed by atoms with Crippen molar-refractivity contribution >= 4 is 11.6 Å². The summed E-state index contributed by atoms with van der Waals surface area (Å²) in [7, 11) is 0. The van der Waals surface area contributed by atoms with Gasteiger partial charge in [-0.15, -0.1) is 0 Å². The fourth-order valence-corrected chi connectivity index (χ4v) is 2.51. The molecule has 1 aliphatic rings. The van der Waals surface area contributed by atoms with Crippen molar-refractivity contribution in [2.75, 3.05) is 19.7 Å². The lowest BCUT2D eigenvalue weighted by atomic mass is 10.1. The number of carbonyl (C=O) groups excluding carboxylic acids is 1. The summed E-state index contributed by atoms with van der Waals surface area (Å²) in [5.41, 5.74) is 6.35. The van der Waals surface area contributed by atoms with Crippen molar-refractivity contribution < 1.29 is 9.53 Å². The number of hydrogen-bond acceptors (Lipinski definition) is 4. The Kier molecular flexibility index (Phi) is 5.75. The predicted octanol–water partition coefficient (Wildman–Crippen LogP) is 1.95. The van der Waals surface area contributed by atoms with E-state index in [2.05, 4.69) is 11.0 Å². The van der Waals surface area contributed by atoms with E-state index in [-0.39, 0.29) is 18.8 Å². The molecule has 0 spiro atoms. The maximum absolute atomic E-state index is 11.2. The summed E-state index contributed by atoms with van der Waals surface area (Å²) in [4.78, 5) is 13.7. The van der Waals surface area contributed by atoms with Crippen molar-refractivity contribution in [2.24, 2.45) is 5.73 Å². The molecule has 0 atom stereocenters. The Morgan fingerprint density at radius 3 is 2.76 bits per heavy atom. The van der Waals surface area contributed by atoms with Gasteiger partial charge in [-0.05, 0) is 43.6 Å². The number of hydrogen-bond donors (Lipinski definition) is 2. The fourth-order valence-electron chi connectivity index (χ4n) is 2.51. The summed E-state index contributed by atoms with van der Waals surface area (Å²) in [6.45, 7) is 3.53. The molecule has 1 fully saturated rings. The SMILES string of the molecule is N=C(N)C(=O)CCOc1cccc(CN2CCCCC2)c1. The summed E-state index contributed by atoms with van der Waals surface area (Å²) in [6, 6.07) is 7.98. The number of benzene rings is 1. The van der Waals surface area contributed by atoms with Gasteiger partial charge in [0.15, 0.2) is 11.6 Å². The number of rotatable bonds is 7. The van der Waals surface area contributed by atoms with Gasteiger partial charge in [-0.25, -0.2) is 0 Å². The molecule has 2 rings (SSSR count). The van der Waals surface area contributed by atoms with E-state index in [0.29, 0.717) is 0 Å². The molecule has 21 heavy (non-hydrogen) atoms. The summed E-state index contributed by atoms with van der Waals surface area (Å²) in [5.74, 6) is -0.0159. The molecule has 1 aromatic carbocycles. The zero-order valence-corrected chi connectivity index (χ0v) is 12.3. The van der Waals surface area contributed by atoms with Gasteiger partial charge in [-0.3, -0.25) is 15.1 Å². The molecule has 0 radical (unpaired) electrons. The highest BCUT2D eigenvalue weighted by Crippen LogP contribution is 2.17. The van der Waals surface area contributed by atoms with Gasteiger partial charge in [0.1, 0.15) is 5.75 Å². The predicted molar refractivity (Wildman–Crippen MR) is 82.6 cm³/mol. The quantitative estimate of drug-likeness (QED) is 0.594. The van der Waals surface area contributed by atoms with Crippen LogP contribution in [0.3, 0.4) is 0 Å². The van der Waals surface area contributed by atoms with Gasteiger partial charge in [0.05, 0.1) is 6.61 Å². The van der Waals surface area contributed by atoms with Crippen LogP contribution in [0.4, 0.5) is 0 Å². The fraction of sp³-hybridized carbons (Fsp3) is 0.500. The van der Waals surface area contributed by atoms with E-state index in [0.717, 1.165) is 25.4 Å². The number of carbonyl (C=O) groups is 1. The maximum atomic E-state index is 11.2. The number of Topliss-reactive ketones (excluding diaryl/α,β-unsaturated/α-hetero) is 1. The number of amidine groups is 1. The standard InChI is InChI=1S/C16H23N3O2/c17-16(18)15(20)7-10-21-14-6-4-5-13(11-14)12-19-8-2-1-3-9-19/h4-6,11H,1-3,7-10,12H2,(H3,17,18). The molecule has 0 bridgehead atoms. The Morgan fingerprint density at radius 2 is 2.05 bits per heavy atom. The first-order valence-electron chi connectivity index (χ1n) is 7.46. The molecule has 5 heteroatoms. The van der Waals surface area contributed by atoms with E-state index < -0.39 is 5.84 Å². The number of ketones is 1. The van der Waals surface area contributed by atoms with Crippen LogP contribution in [0.25, 0.3) is 0 Å². The number of ether oxygens (including phenoxy) is 1. The van der Waals surface area contributed by atoms with Crippen LogP contribution in [0.2, 0.25) is 0 Å². The van der Waals surface area contributed by atoms with Crippen LogP contribution >= 0.6 is 0 Å². The Labute approximate surface area is 125 Å². The largest absolute Gasteiger partial charge is 0.493 e.